The first-order chi connectivity index (χ1) is 13.3. The maximum atomic E-state index is 13.0. The Hall–Kier alpha value is -2.86. The van der Waals surface area contributed by atoms with Crippen LogP contribution in [0.3, 0.4) is 0 Å². The van der Waals surface area contributed by atoms with Gasteiger partial charge in [0.1, 0.15) is 0 Å². The number of aliphatic hydroxyl groups is 1. The highest BCUT2D eigenvalue weighted by atomic mass is 16.3. The van der Waals surface area contributed by atoms with Gasteiger partial charge in [0.2, 0.25) is 5.78 Å². The molecule has 0 spiro atoms. The van der Waals surface area contributed by atoms with Crippen molar-refractivity contribution < 1.29 is 24.0 Å². The van der Waals surface area contributed by atoms with Crippen molar-refractivity contribution in [3.63, 3.8) is 0 Å². The summed E-state index contributed by atoms with van der Waals surface area (Å²) in [5, 5.41) is 10.6. The SMILES string of the molecule is CC(C)c1ccc([C@@H]2C(C(=O)c3ccco3)=C(O)C(=O)N2CC[NH+](C)C)cc1. The number of ketones is 1. The van der Waals surface area contributed by atoms with Gasteiger partial charge >= 0.3 is 0 Å². The molecule has 0 saturated carbocycles. The van der Waals surface area contributed by atoms with Gasteiger partial charge in [0.15, 0.2) is 11.5 Å². The fraction of sp³-hybridized carbons (Fsp3) is 0.364. The molecule has 1 aromatic heterocycles. The molecule has 1 aliphatic heterocycles. The Morgan fingerprint density at radius 1 is 1.21 bits per heavy atom. The van der Waals surface area contributed by atoms with Crippen LogP contribution in [0.2, 0.25) is 0 Å². The minimum Gasteiger partial charge on any atom is -0.503 e. The van der Waals surface area contributed by atoms with Crippen molar-refractivity contribution in [2.75, 3.05) is 27.2 Å². The second-order valence-corrected chi connectivity index (χ2v) is 7.75. The first kappa shape index (κ1) is 19.9. The molecule has 6 nitrogen and oxygen atoms in total. The van der Waals surface area contributed by atoms with Crippen LogP contribution in [0.5, 0.6) is 0 Å². The van der Waals surface area contributed by atoms with Gasteiger partial charge in [0.05, 0.1) is 45.1 Å². The van der Waals surface area contributed by atoms with E-state index in [-0.39, 0.29) is 11.3 Å². The van der Waals surface area contributed by atoms with Crippen LogP contribution in [0.25, 0.3) is 0 Å². The summed E-state index contributed by atoms with van der Waals surface area (Å²) < 4.78 is 5.23. The Balaban J connectivity index is 2.04. The second kappa shape index (κ2) is 8.02. The number of rotatable bonds is 7. The molecule has 0 unspecified atom stereocenters. The topological polar surface area (TPSA) is 75.2 Å². The molecule has 6 heteroatoms. The van der Waals surface area contributed by atoms with Crippen LogP contribution >= 0.6 is 0 Å². The van der Waals surface area contributed by atoms with E-state index in [2.05, 4.69) is 13.8 Å². The van der Waals surface area contributed by atoms with Crippen LogP contribution in [-0.4, -0.2) is 48.9 Å². The quantitative estimate of drug-likeness (QED) is 0.719. The molecule has 1 aliphatic rings. The monoisotopic (exact) mass is 383 g/mol. The van der Waals surface area contributed by atoms with Crippen molar-refractivity contribution in [3.8, 4) is 0 Å². The van der Waals surface area contributed by atoms with Crippen LogP contribution < -0.4 is 4.90 Å². The molecule has 148 valence electrons. The third-order valence-electron chi connectivity index (χ3n) is 5.06. The van der Waals surface area contributed by atoms with Crippen molar-refractivity contribution in [3.05, 3.63) is 70.9 Å². The van der Waals surface area contributed by atoms with Gasteiger partial charge in [0, 0.05) is 0 Å². The molecule has 0 fully saturated rings. The summed E-state index contributed by atoms with van der Waals surface area (Å²) in [6.45, 7) is 5.34. The van der Waals surface area contributed by atoms with Crippen LogP contribution in [0.15, 0.2) is 58.4 Å². The van der Waals surface area contributed by atoms with Gasteiger partial charge in [-0.15, -0.1) is 0 Å². The van der Waals surface area contributed by atoms with Crippen molar-refractivity contribution in [1.82, 2.24) is 4.90 Å². The van der Waals surface area contributed by atoms with Crippen molar-refractivity contribution in [1.29, 1.82) is 0 Å². The molecule has 1 aromatic carbocycles. The number of nitrogens with zero attached hydrogens (tertiary/aromatic N) is 1. The van der Waals surface area contributed by atoms with Gasteiger partial charge < -0.3 is 19.3 Å². The zero-order valence-electron chi connectivity index (χ0n) is 16.7. The molecule has 2 aromatic rings. The molecule has 0 radical (unpaired) electrons. The lowest BCUT2D eigenvalue weighted by Crippen LogP contribution is -3.06. The summed E-state index contributed by atoms with van der Waals surface area (Å²) in [5.74, 6) is -0.991. The first-order valence-corrected chi connectivity index (χ1v) is 9.52. The summed E-state index contributed by atoms with van der Waals surface area (Å²) in [5.41, 5.74) is 2.04. The third kappa shape index (κ3) is 3.73. The summed E-state index contributed by atoms with van der Waals surface area (Å²) in [6, 6.07) is 10.4. The fourth-order valence-corrected chi connectivity index (χ4v) is 3.41. The van der Waals surface area contributed by atoms with E-state index in [0.29, 0.717) is 19.0 Å². The lowest BCUT2D eigenvalue weighted by atomic mass is 9.93. The Kier molecular flexibility index (Phi) is 5.70. The number of carbonyl (C=O) groups is 2. The summed E-state index contributed by atoms with van der Waals surface area (Å²) in [4.78, 5) is 28.5. The predicted octanol–water partition coefficient (Wildman–Crippen LogP) is 2.13. The third-order valence-corrected chi connectivity index (χ3v) is 5.06. The van der Waals surface area contributed by atoms with E-state index in [1.165, 1.54) is 16.7 Å². The molecule has 1 amide bonds. The lowest BCUT2D eigenvalue weighted by Gasteiger charge is -2.27. The number of carbonyl (C=O) groups excluding carboxylic acids is 2. The average molecular weight is 383 g/mol. The number of Topliss-reactive ketones (excluding diaryl/α,β-unsaturated/α-hetero) is 1. The highest BCUT2D eigenvalue weighted by Gasteiger charge is 2.44. The highest BCUT2D eigenvalue weighted by Crippen LogP contribution is 2.39. The van der Waals surface area contributed by atoms with E-state index >= 15 is 0 Å². The van der Waals surface area contributed by atoms with Crippen LogP contribution in [0.4, 0.5) is 0 Å². The molecular weight excluding hydrogens is 356 g/mol. The molecule has 2 N–H and O–H groups in total. The van der Waals surface area contributed by atoms with Crippen molar-refractivity contribution in [2.24, 2.45) is 0 Å². The Morgan fingerprint density at radius 2 is 1.89 bits per heavy atom. The van der Waals surface area contributed by atoms with Gasteiger partial charge in [0.25, 0.3) is 5.91 Å². The van der Waals surface area contributed by atoms with Crippen LogP contribution in [0.1, 0.15) is 47.5 Å². The molecule has 0 aliphatic carbocycles. The molecular formula is C22H27N2O4+. The fourth-order valence-electron chi connectivity index (χ4n) is 3.41. The van der Waals surface area contributed by atoms with Gasteiger partial charge in [-0.25, -0.2) is 0 Å². The Labute approximate surface area is 165 Å². The number of amides is 1. The number of hydrogen-bond donors (Lipinski definition) is 2. The summed E-state index contributed by atoms with van der Waals surface area (Å²) in [6.07, 6.45) is 1.40. The Bertz CT molecular complexity index is 880. The molecule has 0 bridgehead atoms. The van der Waals surface area contributed by atoms with E-state index in [4.69, 9.17) is 4.42 Å². The molecule has 28 heavy (non-hydrogen) atoms. The number of hydrogen-bond acceptors (Lipinski definition) is 4. The highest BCUT2D eigenvalue weighted by molar-refractivity contribution is 6.15. The number of aliphatic hydroxyl groups excluding tert-OH is 1. The van der Waals surface area contributed by atoms with Crippen LogP contribution in [-0.2, 0) is 4.79 Å². The van der Waals surface area contributed by atoms with Crippen LogP contribution in [0, 0.1) is 0 Å². The van der Waals surface area contributed by atoms with Gasteiger partial charge in [-0.3, -0.25) is 9.59 Å². The van der Waals surface area contributed by atoms with Crippen molar-refractivity contribution in [2.45, 2.75) is 25.8 Å². The zero-order valence-corrected chi connectivity index (χ0v) is 16.7. The predicted molar refractivity (Wildman–Crippen MR) is 105 cm³/mol. The normalized spacial score (nSPS) is 17.3. The van der Waals surface area contributed by atoms with Gasteiger partial charge in [-0.05, 0) is 29.2 Å². The summed E-state index contributed by atoms with van der Waals surface area (Å²) >= 11 is 0. The van der Waals surface area contributed by atoms with E-state index in [1.54, 1.807) is 17.0 Å². The zero-order chi connectivity index (χ0) is 20.4. The van der Waals surface area contributed by atoms with E-state index < -0.39 is 23.5 Å². The molecule has 1 atom stereocenters. The maximum Gasteiger partial charge on any atom is 0.290 e. The standard InChI is InChI=1S/C22H26N2O4/c1-14(2)15-7-9-16(10-8-15)19-18(20(25)17-6-5-13-28-17)21(26)22(27)24(19)12-11-23(3)4/h5-10,13-14,19,26H,11-12H2,1-4H3/p+1/t19-/m1/s1. The van der Waals surface area contributed by atoms with E-state index in [1.807, 2.05) is 38.4 Å². The second-order valence-electron chi connectivity index (χ2n) is 7.75. The minimum atomic E-state index is -0.634. The minimum absolute atomic E-state index is 0.0750. The van der Waals surface area contributed by atoms with Crippen molar-refractivity contribution >= 4 is 11.7 Å². The average Bonchev–Trinajstić information content (AvgIpc) is 3.28. The smallest absolute Gasteiger partial charge is 0.290 e. The number of likely N-dealkylation sites (N-methyl/N-ethyl adjacent to an activating group) is 1. The molecule has 2 heterocycles. The lowest BCUT2D eigenvalue weighted by molar-refractivity contribution is -0.857. The number of furan rings is 1. The van der Waals surface area contributed by atoms with E-state index in [0.717, 1.165) is 5.56 Å². The largest absolute Gasteiger partial charge is 0.503 e. The maximum absolute atomic E-state index is 13.0. The first-order valence-electron chi connectivity index (χ1n) is 9.52. The summed E-state index contributed by atoms with van der Waals surface area (Å²) in [7, 11) is 3.99. The number of quaternary nitrogens is 1. The molecule has 0 saturated heterocycles. The van der Waals surface area contributed by atoms with Gasteiger partial charge in [-0.1, -0.05) is 38.1 Å². The van der Waals surface area contributed by atoms with E-state index in [9.17, 15) is 14.7 Å². The number of nitrogens with one attached hydrogen (secondary N) is 1. The van der Waals surface area contributed by atoms with Gasteiger partial charge in [-0.2, -0.15) is 0 Å². The Morgan fingerprint density at radius 3 is 2.43 bits per heavy atom. The molecule has 3 rings (SSSR count). The number of benzene rings is 1.